The molecule has 1 aromatic carbocycles. The van der Waals surface area contributed by atoms with Gasteiger partial charge in [-0.15, -0.1) is 0 Å². The number of fused-ring (bicyclic) bond motifs is 1. The van der Waals surface area contributed by atoms with E-state index in [1.807, 2.05) is 30.3 Å². The van der Waals surface area contributed by atoms with Gasteiger partial charge in [0.05, 0.1) is 19.9 Å². The Balaban J connectivity index is 1.58. The number of methoxy groups -OCH3 is 2. The third-order valence-corrected chi connectivity index (χ3v) is 4.94. The molecule has 1 N–H and O–H groups in total. The predicted octanol–water partition coefficient (Wildman–Crippen LogP) is 2.41. The molecule has 7 nitrogen and oxygen atoms in total. The van der Waals surface area contributed by atoms with E-state index in [0.29, 0.717) is 30.3 Å². The minimum absolute atomic E-state index is 0.0605. The maximum atomic E-state index is 12.5. The van der Waals surface area contributed by atoms with Crippen LogP contribution in [0.1, 0.15) is 16.8 Å². The standard InChI is InChI=1S/C21H22N4O3/c1-27-18-6-5-14(10-19(18)28-2)12-25-9-7-16-17(13-25)23-20(24-21(16)26)15-4-3-8-22-11-15/h3-6,8,10-11H,7,9,12-13H2,1-2H3,(H,23,24,26). The summed E-state index contributed by atoms with van der Waals surface area (Å²) in [5.74, 6) is 1.99. The van der Waals surface area contributed by atoms with Crippen LogP contribution in [0, 0.1) is 0 Å². The molecular weight excluding hydrogens is 356 g/mol. The Hall–Kier alpha value is -3.19. The highest BCUT2D eigenvalue weighted by molar-refractivity contribution is 5.53. The van der Waals surface area contributed by atoms with Gasteiger partial charge in [-0.3, -0.25) is 14.7 Å². The van der Waals surface area contributed by atoms with E-state index in [1.165, 1.54) is 0 Å². The quantitative estimate of drug-likeness (QED) is 0.734. The fraction of sp³-hybridized carbons (Fsp3) is 0.286. The molecule has 28 heavy (non-hydrogen) atoms. The number of pyridine rings is 1. The maximum Gasteiger partial charge on any atom is 0.254 e. The number of H-pyrrole nitrogens is 1. The van der Waals surface area contributed by atoms with Crippen LogP contribution in [0.2, 0.25) is 0 Å². The van der Waals surface area contributed by atoms with Gasteiger partial charge in [0.15, 0.2) is 11.5 Å². The lowest BCUT2D eigenvalue weighted by molar-refractivity contribution is 0.240. The third kappa shape index (κ3) is 3.61. The molecule has 2 aromatic heterocycles. The first-order valence-corrected chi connectivity index (χ1v) is 9.13. The largest absolute Gasteiger partial charge is 0.493 e. The number of nitrogens with zero attached hydrogens (tertiary/aromatic N) is 3. The van der Waals surface area contributed by atoms with Crippen LogP contribution in [-0.2, 0) is 19.5 Å². The summed E-state index contributed by atoms with van der Waals surface area (Å²) in [6.07, 6.45) is 4.08. The summed E-state index contributed by atoms with van der Waals surface area (Å²) < 4.78 is 10.7. The molecule has 0 fully saturated rings. The summed E-state index contributed by atoms with van der Waals surface area (Å²) >= 11 is 0. The van der Waals surface area contributed by atoms with Gasteiger partial charge in [0.2, 0.25) is 0 Å². The monoisotopic (exact) mass is 378 g/mol. The van der Waals surface area contributed by atoms with Gasteiger partial charge >= 0.3 is 0 Å². The van der Waals surface area contributed by atoms with Crippen molar-refractivity contribution in [1.82, 2.24) is 19.9 Å². The van der Waals surface area contributed by atoms with E-state index in [2.05, 4.69) is 14.9 Å². The smallest absolute Gasteiger partial charge is 0.254 e. The van der Waals surface area contributed by atoms with Crippen molar-refractivity contribution in [1.29, 1.82) is 0 Å². The van der Waals surface area contributed by atoms with E-state index in [0.717, 1.165) is 35.5 Å². The normalized spacial score (nSPS) is 13.8. The van der Waals surface area contributed by atoms with Crippen molar-refractivity contribution in [3.63, 3.8) is 0 Å². The highest BCUT2D eigenvalue weighted by Crippen LogP contribution is 2.28. The fourth-order valence-electron chi connectivity index (χ4n) is 3.51. The van der Waals surface area contributed by atoms with E-state index in [9.17, 15) is 4.79 Å². The number of rotatable bonds is 5. The van der Waals surface area contributed by atoms with Crippen molar-refractivity contribution in [2.24, 2.45) is 0 Å². The second-order valence-corrected chi connectivity index (χ2v) is 6.73. The molecule has 3 aromatic rings. The van der Waals surface area contributed by atoms with Crippen LogP contribution in [-0.4, -0.2) is 40.6 Å². The molecule has 0 aliphatic carbocycles. The van der Waals surface area contributed by atoms with Gasteiger partial charge in [-0.05, 0) is 36.2 Å². The minimum atomic E-state index is -0.0605. The Kier molecular flexibility index (Phi) is 5.08. The molecule has 0 amide bonds. The first kappa shape index (κ1) is 18.2. The molecule has 1 aliphatic rings. The van der Waals surface area contributed by atoms with Crippen molar-refractivity contribution in [3.05, 3.63) is 69.9 Å². The first-order valence-electron chi connectivity index (χ1n) is 9.13. The second-order valence-electron chi connectivity index (χ2n) is 6.73. The first-order chi connectivity index (χ1) is 13.7. The molecule has 0 radical (unpaired) electrons. The average Bonchev–Trinajstić information content (AvgIpc) is 2.74. The zero-order valence-electron chi connectivity index (χ0n) is 15.9. The summed E-state index contributed by atoms with van der Waals surface area (Å²) in [7, 11) is 3.26. The molecule has 0 saturated carbocycles. The number of ether oxygens (including phenoxy) is 2. The van der Waals surface area contributed by atoms with Crippen molar-refractivity contribution in [2.75, 3.05) is 20.8 Å². The Morgan fingerprint density at radius 2 is 2.04 bits per heavy atom. The van der Waals surface area contributed by atoms with Crippen molar-refractivity contribution in [3.8, 4) is 22.9 Å². The van der Waals surface area contributed by atoms with Gasteiger partial charge in [0.25, 0.3) is 5.56 Å². The summed E-state index contributed by atoms with van der Waals surface area (Å²) in [6.45, 7) is 2.18. The second kappa shape index (κ2) is 7.82. The molecule has 0 atom stereocenters. The van der Waals surface area contributed by atoms with E-state index in [4.69, 9.17) is 14.5 Å². The molecule has 1 aliphatic heterocycles. The lowest BCUT2D eigenvalue weighted by atomic mass is 10.0. The minimum Gasteiger partial charge on any atom is -0.493 e. The molecule has 144 valence electrons. The van der Waals surface area contributed by atoms with Crippen LogP contribution in [0.25, 0.3) is 11.4 Å². The van der Waals surface area contributed by atoms with Crippen LogP contribution >= 0.6 is 0 Å². The van der Waals surface area contributed by atoms with Crippen LogP contribution in [0.3, 0.4) is 0 Å². The predicted molar refractivity (Wildman–Crippen MR) is 105 cm³/mol. The molecule has 7 heteroatoms. The van der Waals surface area contributed by atoms with Crippen molar-refractivity contribution >= 4 is 0 Å². The molecule has 0 unspecified atom stereocenters. The molecule has 0 spiro atoms. The average molecular weight is 378 g/mol. The molecular formula is C21H22N4O3. The van der Waals surface area contributed by atoms with E-state index >= 15 is 0 Å². The molecule has 0 saturated heterocycles. The molecule has 4 rings (SSSR count). The van der Waals surface area contributed by atoms with E-state index in [-0.39, 0.29) is 5.56 Å². The Bertz CT molecular complexity index is 1030. The highest BCUT2D eigenvalue weighted by atomic mass is 16.5. The molecule has 0 bridgehead atoms. The Morgan fingerprint density at radius 1 is 1.18 bits per heavy atom. The van der Waals surface area contributed by atoms with Gasteiger partial charge < -0.3 is 14.5 Å². The maximum absolute atomic E-state index is 12.5. The fourth-order valence-corrected chi connectivity index (χ4v) is 3.51. The van der Waals surface area contributed by atoms with E-state index in [1.54, 1.807) is 26.6 Å². The lowest BCUT2D eigenvalue weighted by Gasteiger charge is -2.28. The van der Waals surface area contributed by atoms with Crippen LogP contribution < -0.4 is 15.0 Å². The number of hydrogen-bond donors (Lipinski definition) is 1. The summed E-state index contributed by atoms with van der Waals surface area (Å²) in [5, 5.41) is 0. The number of nitrogens with one attached hydrogen (secondary N) is 1. The van der Waals surface area contributed by atoms with Crippen molar-refractivity contribution in [2.45, 2.75) is 19.5 Å². The Morgan fingerprint density at radius 3 is 2.79 bits per heavy atom. The van der Waals surface area contributed by atoms with Gasteiger partial charge in [-0.1, -0.05) is 6.07 Å². The van der Waals surface area contributed by atoms with Gasteiger partial charge in [0, 0.05) is 43.2 Å². The third-order valence-electron chi connectivity index (χ3n) is 4.94. The number of hydrogen-bond acceptors (Lipinski definition) is 6. The van der Waals surface area contributed by atoms with Gasteiger partial charge in [-0.25, -0.2) is 4.98 Å². The van der Waals surface area contributed by atoms with Crippen LogP contribution in [0.15, 0.2) is 47.5 Å². The number of benzene rings is 1. The molecule has 3 heterocycles. The SMILES string of the molecule is COc1ccc(CN2CCc3c(nc(-c4cccnc4)[nH]c3=O)C2)cc1OC. The number of aromatic nitrogens is 3. The summed E-state index contributed by atoms with van der Waals surface area (Å²) in [5.41, 5.74) is 3.47. The van der Waals surface area contributed by atoms with Crippen molar-refractivity contribution < 1.29 is 9.47 Å². The van der Waals surface area contributed by atoms with E-state index < -0.39 is 0 Å². The topological polar surface area (TPSA) is 80.3 Å². The number of aromatic amines is 1. The Labute approximate surface area is 163 Å². The summed E-state index contributed by atoms with van der Waals surface area (Å²) in [6, 6.07) is 9.65. The lowest BCUT2D eigenvalue weighted by Crippen LogP contribution is -2.35. The zero-order chi connectivity index (χ0) is 19.5. The van der Waals surface area contributed by atoms with Crippen LogP contribution in [0.4, 0.5) is 0 Å². The highest BCUT2D eigenvalue weighted by Gasteiger charge is 2.22. The van der Waals surface area contributed by atoms with Gasteiger partial charge in [-0.2, -0.15) is 0 Å². The summed E-state index contributed by atoms with van der Waals surface area (Å²) in [4.78, 5) is 26.5. The van der Waals surface area contributed by atoms with Crippen LogP contribution in [0.5, 0.6) is 11.5 Å². The van der Waals surface area contributed by atoms with Gasteiger partial charge in [0.1, 0.15) is 5.82 Å². The zero-order valence-corrected chi connectivity index (χ0v) is 15.9.